The Bertz CT molecular complexity index is 608. The number of rotatable bonds is 9. The van der Waals surface area contributed by atoms with Gasteiger partial charge < -0.3 is 19.9 Å². The summed E-state index contributed by atoms with van der Waals surface area (Å²) >= 11 is 0. The van der Waals surface area contributed by atoms with Gasteiger partial charge >= 0.3 is 5.97 Å². The number of aliphatic carboxylic acids is 1. The van der Waals surface area contributed by atoms with Crippen molar-refractivity contribution in [3.05, 3.63) is 23.8 Å². The van der Waals surface area contributed by atoms with Crippen molar-refractivity contribution in [2.45, 2.75) is 57.9 Å². The van der Waals surface area contributed by atoms with Gasteiger partial charge in [-0.05, 0) is 44.4 Å². The summed E-state index contributed by atoms with van der Waals surface area (Å²) < 4.78 is 11.2. The predicted molar refractivity (Wildman–Crippen MR) is 94.3 cm³/mol. The molecule has 0 radical (unpaired) electrons. The van der Waals surface area contributed by atoms with E-state index in [2.05, 4.69) is 5.32 Å². The highest BCUT2D eigenvalue weighted by molar-refractivity contribution is 5.95. The first-order chi connectivity index (χ1) is 12.0. The lowest BCUT2D eigenvalue weighted by Crippen LogP contribution is -2.47. The van der Waals surface area contributed by atoms with Crippen molar-refractivity contribution in [2.75, 3.05) is 13.2 Å². The summed E-state index contributed by atoms with van der Waals surface area (Å²) in [6.07, 6.45) is 4.09. The summed E-state index contributed by atoms with van der Waals surface area (Å²) in [7, 11) is 0. The Morgan fingerprint density at radius 1 is 1.16 bits per heavy atom. The molecule has 1 aliphatic rings. The third-order valence-electron chi connectivity index (χ3n) is 4.40. The highest BCUT2D eigenvalue weighted by Crippen LogP contribution is 2.34. The van der Waals surface area contributed by atoms with Crippen LogP contribution < -0.4 is 14.8 Å². The SMILES string of the molecule is CCCOc1ccc(C(=O)NC2(CC(=O)O)CCCC2)cc1OCC. The fourth-order valence-corrected chi connectivity index (χ4v) is 3.25. The first kappa shape index (κ1) is 19.1. The van der Waals surface area contributed by atoms with E-state index in [0.717, 1.165) is 19.3 Å². The second-order valence-corrected chi connectivity index (χ2v) is 6.46. The van der Waals surface area contributed by atoms with E-state index < -0.39 is 11.5 Å². The molecule has 1 aromatic carbocycles. The third-order valence-corrected chi connectivity index (χ3v) is 4.40. The molecule has 0 aliphatic heterocycles. The molecule has 1 fully saturated rings. The van der Waals surface area contributed by atoms with Gasteiger partial charge in [-0.2, -0.15) is 0 Å². The molecule has 0 heterocycles. The van der Waals surface area contributed by atoms with E-state index in [0.29, 0.717) is 43.1 Å². The van der Waals surface area contributed by atoms with E-state index in [1.54, 1.807) is 18.2 Å². The Hall–Kier alpha value is -2.24. The Kier molecular flexibility index (Phi) is 6.67. The monoisotopic (exact) mass is 349 g/mol. The number of amides is 1. The minimum Gasteiger partial charge on any atom is -0.490 e. The van der Waals surface area contributed by atoms with Gasteiger partial charge in [0.15, 0.2) is 11.5 Å². The molecule has 25 heavy (non-hydrogen) atoms. The lowest BCUT2D eigenvalue weighted by Gasteiger charge is -2.28. The van der Waals surface area contributed by atoms with E-state index in [1.807, 2.05) is 13.8 Å². The van der Waals surface area contributed by atoms with Gasteiger partial charge in [0, 0.05) is 5.56 Å². The average Bonchev–Trinajstić information content (AvgIpc) is 3.01. The highest BCUT2D eigenvalue weighted by atomic mass is 16.5. The van der Waals surface area contributed by atoms with Crippen molar-refractivity contribution in [2.24, 2.45) is 0 Å². The molecule has 0 saturated heterocycles. The van der Waals surface area contributed by atoms with Crippen LogP contribution in [0.25, 0.3) is 0 Å². The predicted octanol–water partition coefficient (Wildman–Crippen LogP) is 3.39. The molecule has 0 atom stereocenters. The zero-order valence-electron chi connectivity index (χ0n) is 15.0. The standard InChI is InChI=1S/C19H27NO5/c1-3-11-25-15-8-7-14(12-16(15)24-4-2)18(23)20-19(13-17(21)22)9-5-6-10-19/h7-8,12H,3-6,9-11,13H2,1-2H3,(H,20,23)(H,21,22). The molecule has 2 N–H and O–H groups in total. The van der Waals surface area contributed by atoms with Crippen molar-refractivity contribution in [3.63, 3.8) is 0 Å². The summed E-state index contributed by atoms with van der Waals surface area (Å²) in [5.74, 6) is -0.0182. The molecule has 6 heteroatoms. The van der Waals surface area contributed by atoms with Crippen molar-refractivity contribution < 1.29 is 24.2 Å². The second-order valence-electron chi connectivity index (χ2n) is 6.46. The highest BCUT2D eigenvalue weighted by Gasteiger charge is 2.37. The topological polar surface area (TPSA) is 84.9 Å². The molecule has 0 unspecified atom stereocenters. The van der Waals surface area contributed by atoms with Crippen molar-refractivity contribution in [3.8, 4) is 11.5 Å². The number of hydrogen-bond donors (Lipinski definition) is 2. The molecule has 2 rings (SSSR count). The molecule has 1 saturated carbocycles. The van der Waals surface area contributed by atoms with E-state index in [4.69, 9.17) is 14.6 Å². The largest absolute Gasteiger partial charge is 0.490 e. The molecule has 0 aromatic heterocycles. The molecule has 1 aromatic rings. The van der Waals surface area contributed by atoms with Crippen LogP contribution in [0.1, 0.15) is 62.7 Å². The normalized spacial score (nSPS) is 15.6. The van der Waals surface area contributed by atoms with Crippen LogP contribution in [-0.4, -0.2) is 35.7 Å². The molecule has 6 nitrogen and oxygen atoms in total. The average molecular weight is 349 g/mol. The van der Waals surface area contributed by atoms with Gasteiger partial charge in [-0.15, -0.1) is 0 Å². The van der Waals surface area contributed by atoms with E-state index in [1.165, 1.54) is 0 Å². The Labute approximate surface area is 148 Å². The minimum atomic E-state index is -0.888. The summed E-state index contributed by atoms with van der Waals surface area (Å²) in [5, 5.41) is 12.1. The first-order valence-corrected chi connectivity index (χ1v) is 8.93. The molecule has 1 amide bonds. The fraction of sp³-hybridized carbons (Fsp3) is 0.579. The Balaban J connectivity index is 2.17. The van der Waals surface area contributed by atoms with Gasteiger partial charge in [-0.1, -0.05) is 19.8 Å². The molecular formula is C19H27NO5. The number of carbonyl (C=O) groups excluding carboxylic acids is 1. The fourth-order valence-electron chi connectivity index (χ4n) is 3.25. The minimum absolute atomic E-state index is 0.0469. The third kappa shape index (κ3) is 5.11. The summed E-state index contributed by atoms with van der Waals surface area (Å²) in [4.78, 5) is 23.8. The Morgan fingerprint density at radius 2 is 1.88 bits per heavy atom. The smallest absolute Gasteiger partial charge is 0.305 e. The van der Waals surface area contributed by atoms with Crippen molar-refractivity contribution >= 4 is 11.9 Å². The van der Waals surface area contributed by atoms with Gasteiger partial charge in [0.1, 0.15) is 0 Å². The van der Waals surface area contributed by atoms with Crippen LogP contribution in [0.15, 0.2) is 18.2 Å². The van der Waals surface area contributed by atoms with Crippen LogP contribution in [0.2, 0.25) is 0 Å². The van der Waals surface area contributed by atoms with Crippen LogP contribution in [0.3, 0.4) is 0 Å². The van der Waals surface area contributed by atoms with Crippen LogP contribution in [0.5, 0.6) is 11.5 Å². The van der Waals surface area contributed by atoms with Gasteiger partial charge in [0.05, 0.1) is 25.2 Å². The molecular weight excluding hydrogens is 322 g/mol. The van der Waals surface area contributed by atoms with Gasteiger partial charge in [0.25, 0.3) is 5.91 Å². The number of carboxylic acids is 1. The van der Waals surface area contributed by atoms with Crippen LogP contribution in [0, 0.1) is 0 Å². The molecule has 1 aliphatic carbocycles. The number of benzene rings is 1. The number of ether oxygens (including phenoxy) is 2. The molecule has 138 valence electrons. The maximum atomic E-state index is 12.7. The van der Waals surface area contributed by atoms with Crippen molar-refractivity contribution in [1.82, 2.24) is 5.32 Å². The summed E-state index contributed by atoms with van der Waals surface area (Å²) in [6.45, 7) is 4.94. The van der Waals surface area contributed by atoms with Gasteiger partial charge in [0.2, 0.25) is 0 Å². The van der Waals surface area contributed by atoms with Crippen LogP contribution >= 0.6 is 0 Å². The number of nitrogens with one attached hydrogen (secondary N) is 1. The summed E-state index contributed by atoms with van der Waals surface area (Å²) in [6, 6.07) is 5.08. The first-order valence-electron chi connectivity index (χ1n) is 8.93. The zero-order chi connectivity index (χ0) is 18.3. The second kappa shape index (κ2) is 8.74. The maximum absolute atomic E-state index is 12.7. The van der Waals surface area contributed by atoms with Crippen LogP contribution in [-0.2, 0) is 4.79 Å². The summed E-state index contributed by atoms with van der Waals surface area (Å²) in [5.41, 5.74) is -0.199. The lowest BCUT2D eigenvalue weighted by atomic mass is 9.92. The molecule has 0 bridgehead atoms. The number of carboxylic acid groups (broad SMARTS) is 1. The lowest BCUT2D eigenvalue weighted by molar-refractivity contribution is -0.138. The Morgan fingerprint density at radius 3 is 2.48 bits per heavy atom. The van der Waals surface area contributed by atoms with Gasteiger partial charge in [-0.3, -0.25) is 9.59 Å². The molecule has 0 spiro atoms. The zero-order valence-corrected chi connectivity index (χ0v) is 15.0. The number of hydrogen-bond acceptors (Lipinski definition) is 4. The maximum Gasteiger partial charge on any atom is 0.305 e. The quantitative estimate of drug-likeness (QED) is 0.714. The van der Waals surface area contributed by atoms with Crippen LogP contribution in [0.4, 0.5) is 0 Å². The van der Waals surface area contributed by atoms with E-state index in [9.17, 15) is 9.59 Å². The van der Waals surface area contributed by atoms with E-state index >= 15 is 0 Å². The van der Waals surface area contributed by atoms with Crippen molar-refractivity contribution in [1.29, 1.82) is 0 Å². The number of carbonyl (C=O) groups is 2. The van der Waals surface area contributed by atoms with E-state index in [-0.39, 0.29) is 12.3 Å². The van der Waals surface area contributed by atoms with Gasteiger partial charge in [-0.25, -0.2) is 0 Å².